The lowest BCUT2D eigenvalue weighted by molar-refractivity contribution is 0.0585. The summed E-state index contributed by atoms with van der Waals surface area (Å²) in [6, 6.07) is 6.29. The second-order valence-electron chi connectivity index (χ2n) is 6.60. The number of nitrogens with zero attached hydrogens (tertiary/aromatic N) is 2. The Morgan fingerprint density at radius 1 is 0.808 bits per heavy atom. The van der Waals surface area contributed by atoms with Crippen LogP contribution < -0.4 is 0 Å². The minimum atomic E-state index is -0.417. The topological polar surface area (TPSA) is 87.3 Å². The molecule has 0 aromatic heterocycles. The number of imide groups is 2. The summed E-state index contributed by atoms with van der Waals surface area (Å²) in [5.41, 5.74) is 1.38. The Labute approximate surface area is 148 Å². The molecule has 0 spiro atoms. The zero-order valence-corrected chi connectivity index (χ0v) is 13.9. The number of rotatable bonds is 3. The average Bonchev–Trinajstić information content (AvgIpc) is 3.46. The Hall–Kier alpha value is -3.06. The molecule has 0 radical (unpaired) electrons. The first kappa shape index (κ1) is 15.2. The Balaban J connectivity index is 1.79. The van der Waals surface area contributed by atoms with Crippen LogP contribution in [0, 0.1) is 0 Å². The van der Waals surface area contributed by atoms with Gasteiger partial charge >= 0.3 is 0 Å². The van der Waals surface area contributed by atoms with Gasteiger partial charge in [-0.15, -0.1) is 0 Å². The predicted molar refractivity (Wildman–Crippen MR) is 90.1 cm³/mol. The number of hydrogen-bond donors (Lipinski definition) is 0. The molecule has 0 bridgehead atoms. The zero-order chi connectivity index (χ0) is 18.2. The molecule has 5 rings (SSSR count). The lowest BCUT2D eigenvalue weighted by atomic mass is 9.86. The fourth-order valence-electron chi connectivity index (χ4n) is 3.80. The van der Waals surface area contributed by atoms with Crippen molar-refractivity contribution in [3.8, 4) is 0 Å². The molecule has 7 heteroatoms. The quantitative estimate of drug-likeness (QED) is 0.618. The van der Waals surface area contributed by atoms with Gasteiger partial charge in [0.1, 0.15) is 0 Å². The van der Waals surface area contributed by atoms with Crippen LogP contribution in [0.2, 0.25) is 0 Å². The third-order valence-electron chi connectivity index (χ3n) is 5.17. The van der Waals surface area contributed by atoms with Gasteiger partial charge in [0.2, 0.25) is 0 Å². The smallest absolute Gasteiger partial charge is 0.261 e. The molecule has 1 atom stereocenters. The van der Waals surface area contributed by atoms with Crippen molar-refractivity contribution in [2.45, 2.75) is 13.0 Å². The van der Waals surface area contributed by atoms with Crippen molar-refractivity contribution >= 4 is 34.4 Å². The summed E-state index contributed by atoms with van der Waals surface area (Å²) in [5, 5.41) is 0.809. The van der Waals surface area contributed by atoms with Crippen LogP contribution in [0.4, 0.5) is 0 Å². The summed E-state index contributed by atoms with van der Waals surface area (Å²) in [6.07, 6.45) is -0.112. The fraction of sp³-hybridized carbons (Fsp3) is 0.263. The molecule has 4 amide bonds. The molecule has 26 heavy (non-hydrogen) atoms. The molecule has 0 N–H and O–H groups in total. The fourth-order valence-corrected chi connectivity index (χ4v) is 3.80. The maximum atomic E-state index is 12.9. The highest BCUT2D eigenvalue weighted by Gasteiger charge is 2.41. The first-order valence-electron chi connectivity index (χ1n) is 8.46. The highest BCUT2D eigenvalue weighted by Crippen LogP contribution is 2.38. The SMILES string of the molecule is CCN1C(=O)c2ccc3c4c(ccc(c24)C1=O)C(=O)N(C[C@@H]1CO1)C3=O. The molecule has 2 aromatic rings. The Morgan fingerprint density at radius 2 is 1.19 bits per heavy atom. The third-order valence-corrected chi connectivity index (χ3v) is 5.17. The van der Waals surface area contributed by atoms with E-state index in [0.29, 0.717) is 39.6 Å². The van der Waals surface area contributed by atoms with Gasteiger partial charge < -0.3 is 4.74 Å². The molecule has 7 nitrogen and oxygen atoms in total. The van der Waals surface area contributed by atoms with Crippen LogP contribution in [0.15, 0.2) is 24.3 Å². The number of ether oxygens (including phenoxy) is 1. The summed E-state index contributed by atoms with van der Waals surface area (Å²) < 4.78 is 5.15. The second-order valence-corrected chi connectivity index (χ2v) is 6.60. The molecule has 1 saturated heterocycles. The Bertz CT molecular complexity index is 983. The van der Waals surface area contributed by atoms with Crippen LogP contribution in [-0.4, -0.2) is 59.2 Å². The van der Waals surface area contributed by atoms with Gasteiger partial charge in [0.25, 0.3) is 23.6 Å². The first-order chi connectivity index (χ1) is 12.5. The molecule has 3 heterocycles. The Morgan fingerprint density at radius 3 is 1.54 bits per heavy atom. The molecular formula is C19H14N2O5. The van der Waals surface area contributed by atoms with Gasteiger partial charge in [-0.2, -0.15) is 0 Å². The van der Waals surface area contributed by atoms with E-state index in [1.807, 2.05) is 0 Å². The van der Waals surface area contributed by atoms with Gasteiger partial charge in [0.15, 0.2) is 0 Å². The second kappa shape index (κ2) is 4.98. The molecule has 1 fully saturated rings. The summed E-state index contributed by atoms with van der Waals surface area (Å²) in [4.78, 5) is 53.4. The highest BCUT2D eigenvalue weighted by atomic mass is 16.6. The normalized spacial score (nSPS) is 21.0. The van der Waals surface area contributed by atoms with Crippen LogP contribution >= 0.6 is 0 Å². The van der Waals surface area contributed by atoms with Crippen LogP contribution in [-0.2, 0) is 4.74 Å². The molecule has 0 saturated carbocycles. The minimum Gasteiger partial charge on any atom is -0.371 e. The van der Waals surface area contributed by atoms with Gasteiger partial charge in [0.05, 0.1) is 19.3 Å². The van der Waals surface area contributed by atoms with Crippen molar-refractivity contribution in [1.82, 2.24) is 9.80 Å². The lowest BCUT2D eigenvalue weighted by Crippen LogP contribution is -2.44. The van der Waals surface area contributed by atoms with E-state index >= 15 is 0 Å². The van der Waals surface area contributed by atoms with Gasteiger partial charge in [-0.3, -0.25) is 29.0 Å². The van der Waals surface area contributed by atoms with E-state index < -0.39 is 23.6 Å². The standard InChI is InChI=1S/C19H14N2O5/c1-2-20-16(22)10-3-5-12-15-13(6-4-11(14(10)15)17(20)23)19(25)21(18(12)24)7-9-8-26-9/h3-6,9H,2,7-8H2,1H3/t9-/m1/s1. The maximum Gasteiger partial charge on any atom is 0.261 e. The Kier molecular flexibility index (Phi) is 2.92. The minimum absolute atomic E-state index is 0.112. The zero-order valence-electron chi connectivity index (χ0n) is 13.9. The van der Waals surface area contributed by atoms with Crippen molar-refractivity contribution in [2.75, 3.05) is 19.7 Å². The number of carbonyl (C=O) groups is 4. The van der Waals surface area contributed by atoms with E-state index in [2.05, 4.69) is 0 Å². The van der Waals surface area contributed by atoms with Gasteiger partial charge in [-0.1, -0.05) is 0 Å². The van der Waals surface area contributed by atoms with E-state index in [0.717, 1.165) is 0 Å². The predicted octanol–water partition coefficient (Wildman–Crippen LogP) is 1.45. The number of epoxide rings is 1. The largest absolute Gasteiger partial charge is 0.371 e. The van der Waals surface area contributed by atoms with Crippen molar-refractivity contribution < 1.29 is 23.9 Å². The van der Waals surface area contributed by atoms with E-state index in [9.17, 15) is 19.2 Å². The number of carbonyl (C=O) groups excluding carboxylic acids is 4. The lowest BCUT2D eigenvalue weighted by Gasteiger charge is -2.31. The number of amides is 4. The van der Waals surface area contributed by atoms with Gasteiger partial charge in [-0.05, 0) is 31.2 Å². The van der Waals surface area contributed by atoms with Crippen molar-refractivity contribution in [1.29, 1.82) is 0 Å². The molecule has 3 aliphatic rings. The van der Waals surface area contributed by atoms with Crippen molar-refractivity contribution in [2.24, 2.45) is 0 Å². The maximum absolute atomic E-state index is 12.9. The molecular weight excluding hydrogens is 336 g/mol. The average molecular weight is 350 g/mol. The monoisotopic (exact) mass is 350 g/mol. The molecule has 3 aliphatic heterocycles. The third kappa shape index (κ3) is 1.80. The molecule has 130 valence electrons. The molecule has 2 aromatic carbocycles. The van der Waals surface area contributed by atoms with E-state index in [1.165, 1.54) is 9.80 Å². The summed E-state index contributed by atoms with van der Waals surface area (Å²) in [7, 11) is 0. The van der Waals surface area contributed by atoms with Crippen LogP contribution in [0.25, 0.3) is 10.8 Å². The van der Waals surface area contributed by atoms with Crippen LogP contribution in [0.3, 0.4) is 0 Å². The number of hydrogen-bond acceptors (Lipinski definition) is 5. The van der Waals surface area contributed by atoms with Crippen LogP contribution in [0.1, 0.15) is 48.4 Å². The summed E-state index contributed by atoms with van der Waals surface area (Å²) in [5.74, 6) is -1.64. The molecule has 0 unspecified atom stereocenters. The van der Waals surface area contributed by atoms with Gasteiger partial charge in [0, 0.05) is 39.6 Å². The van der Waals surface area contributed by atoms with E-state index in [1.54, 1.807) is 31.2 Å². The van der Waals surface area contributed by atoms with Gasteiger partial charge in [-0.25, -0.2) is 0 Å². The van der Waals surface area contributed by atoms with Crippen LogP contribution in [0.5, 0.6) is 0 Å². The van der Waals surface area contributed by atoms with Crippen molar-refractivity contribution in [3.05, 3.63) is 46.5 Å². The van der Waals surface area contributed by atoms with Crippen molar-refractivity contribution in [3.63, 3.8) is 0 Å². The summed E-state index contributed by atoms with van der Waals surface area (Å²) >= 11 is 0. The van der Waals surface area contributed by atoms with E-state index in [-0.39, 0.29) is 19.2 Å². The van der Waals surface area contributed by atoms with E-state index in [4.69, 9.17) is 4.74 Å². The summed E-state index contributed by atoms with van der Waals surface area (Å²) in [6.45, 7) is 2.74. The number of benzene rings is 2. The molecule has 0 aliphatic carbocycles. The first-order valence-corrected chi connectivity index (χ1v) is 8.46. The highest BCUT2D eigenvalue weighted by molar-refractivity contribution is 6.33.